The molecule has 7 heteroatoms. The Morgan fingerprint density at radius 1 is 1.11 bits per heavy atom. The van der Waals surface area contributed by atoms with Gasteiger partial charge in [-0.1, -0.05) is 41.9 Å². The summed E-state index contributed by atoms with van der Waals surface area (Å²) in [6.07, 6.45) is 1.79. The molecule has 1 heterocycles. The van der Waals surface area contributed by atoms with Gasteiger partial charge in [0.15, 0.2) is 6.61 Å². The number of urea groups is 1. The molecule has 2 aromatic rings. The second-order valence-electron chi connectivity index (χ2n) is 6.63. The summed E-state index contributed by atoms with van der Waals surface area (Å²) >= 11 is 6.04. The highest BCUT2D eigenvalue weighted by atomic mass is 35.5. The molecule has 0 atom stereocenters. The van der Waals surface area contributed by atoms with Gasteiger partial charge >= 0.3 is 6.03 Å². The smallest absolute Gasteiger partial charge is 0.314 e. The van der Waals surface area contributed by atoms with Gasteiger partial charge in [-0.2, -0.15) is 0 Å². The van der Waals surface area contributed by atoms with Crippen molar-refractivity contribution in [1.29, 1.82) is 0 Å². The fourth-order valence-electron chi connectivity index (χ4n) is 3.05. The van der Waals surface area contributed by atoms with Crippen LogP contribution in [0.3, 0.4) is 0 Å². The van der Waals surface area contributed by atoms with Crippen molar-refractivity contribution >= 4 is 23.5 Å². The zero-order valence-electron chi connectivity index (χ0n) is 15.6. The molecule has 2 aromatic carbocycles. The Labute approximate surface area is 169 Å². The number of amides is 3. The van der Waals surface area contributed by atoms with Crippen LogP contribution in [0.2, 0.25) is 5.02 Å². The lowest BCUT2D eigenvalue weighted by Crippen LogP contribution is -2.42. The summed E-state index contributed by atoms with van der Waals surface area (Å²) in [5, 5.41) is 6.24. The van der Waals surface area contributed by atoms with E-state index in [9.17, 15) is 9.59 Å². The van der Waals surface area contributed by atoms with Crippen LogP contribution in [0.25, 0.3) is 0 Å². The quantitative estimate of drug-likeness (QED) is 0.700. The molecular formula is C21H24ClN3O3. The largest absolute Gasteiger partial charge is 0.483 e. The predicted molar refractivity (Wildman–Crippen MR) is 109 cm³/mol. The van der Waals surface area contributed by atoms with Crippen molar-refractivity contribution in [2.45, 2.75) is 19.4 Å². The Balaban J connectivity index is 1.37. The summed E-state index contributed by atoms with van der Waals surface area (Å²) in [5.74, 6) is 0.557. The van der Waals surface area contributed by atoms with Crippen LogP contribution in [-0.2, 0) is 17.8 Å². The second kappa shape index (κ2) is 9.99. The molecule has 0 aliphatic carbocycles. The summed E-state index contributed by atoms with van der Waals surface area (Å²) in [7, 11) is 0. The molecule has 3 amide bonds. The maximum absolute atomic E-state index is 12.2. The number of benzene rings is 2. The second-order valence-corrected chi connectivity index (χ2v) is 7.06. The number of rotatable bonds is 7. The Morgan fingerprint density at radius 2 is 1.89 bits per heavy atom. The topological polar surface area (TPSA) is 70.7 Å². The molecule has 0 aromatic heterocycles. The number of hydrogen-bond acceptors (Lipinski definition) is 3. The molecule has 2 N–H and O–H groups in total. The first kappa shape index (κ1) is 20.0. The summed E-state index contributed by atoms with van der Waals surface area (Å²) < 4.78 is 5.53. The number of fused-ring (bicyclic) bond motifs is 1. The highest BCUT2D eigenvalue weighted by molar-refractivity contribution is 6.30. The van der Waals surface area contributed by atoms with Crippen molar-refractivity contribution in [2.75, 3.05) is 26.2 Å². The van der Waals surface area contributed by atoms with Crippen molar-refractivity contribution in [2.24, 2.45) is 0 Å². The molecule has 0 saturated carbocycles. The lowest BCUT2D eigenvalue weighted by Gasteiger charge is -2.20. The average molecular weight is 402 g/mol. The van der Waals surface area contributed by atoms with Crippen LogP contribution in [0.15, 0.2) is 48.5 Å². The van der Waals surface area contributed by atoms with Crippen LogP contribution in [0.4, 0.5) is 4.79 Å². The van der Waals surface area contributed by atoms with E-state index in [1.54, 1.807) is 23.1 Å². The molecule has 0 bridgehead atoms. The molecule has 6 nitrogen and oxygen atoms in total. The van der Waals surface area contributed by atoms with E-state index in [0.717, 1.165) is 18.4 Å². The fraction of sp³-hybridized carbons (Fsp3) is 0.333. The van der Waals surface area contributed by atoms with Crippen molar-refractivity contribution in [3.05, 3.63) is 64.7 Å². The SMILES string of the molecule is O=C(NCCCc1ccccc1)NCCN1Cc2cc(Cl)ccc2OCC1=O. The Hall–Kier alpha value is -2.73. The number of ether oxygens (including phenoxy) is 1. The Kier molecular flexibility index (Phi) is 7.14. The van der Waals surface area contributed by atoms with Crippen LogP contribution < -0.4 is 15.4 Å². The van der Waals surface area contributed by atoms with E-state index in [-0.39, 0.29) is 18.5 Å². The van der Waals surface area contributed by atoms with E-state index < -0.39 is 0 Å². The molecular weight excluding hydrogens is 378 g/mol. The minimum atomic E-state index is -0.227. The number of hydrogen-bond donors (Lipinski definition) is 2. The normalized spacial score (nSPS) is 13.3. The van der Waals surface area contributed by atoms with Crippen LogP contribution in [-0.4, -0.2) is 43.1 Å². The van der Waals surface area contributed by atoms with Gasteiger partial charge < -0.3 is 20.3 Å². The van der Waals surface area contributed by atoms with E-state index in [1.807, 2.05) is 18.2 Å². The summed E-state index contributed by atoms with van der Waals surface area (Å²) in [6, 6.07) is 15.3. The maximum atomic E-state index is 12.2. The summed E-state index contributed by atoms with van der Waals surface area (Å²) in [5.41, 5.74) is 2.12. The zero-order chi connectivity index (χ0) is 19.8. The van der Waals surface area contributed by atoms with Gasteiger partial charge in [0.25, 0.3) is 5.91 Å². The summed E-state index contributed by atoms with van der Waals surface area (Å²) in [6.45, 7) is 1.77. The van der Waals surface area contributed by atoms with Gasteiger partial charge in [-0.05, 0) is 36.6 Å². The van der Waals surface area contributed by atoms with Gasteiger partial charge in [-0.25, -0.2) is 4.79 Å². The van der Waals surface area contributed by atoms with Gasteiger partial charge in [-0.15, -0.1) is 0 Å². The number of nitrogens with zero attached hydrogens (tertiary/aromatic N) is 1. The van der Waals surface area contributed by atoms with Crippen LogP contribution in [0, 0.1) is 0 Å². The van der Waals surface area contributed by atoms with Crippen LogP contribution in [0.5, 0.6) is 5.75 Å². The Bertz CT molecular complexity index is 814. The third-order valence-corrected chi connectivity index (χ3v) is 4.76. The van der Waals surface area contributed by atoms with Gasteiger partial charge in [0.2, 0.25) is 0 Å². The average Bonchev–Trinajstić information content (AvgIpc) is 2.85. The number of aryl methyl sites for hydroxylation is 1. The summed E-state index contributed by atoms with van der Waals surface area (Å²) in [4.78, 5) is 25.8. The molecule has 0 radical (unpaired) electrons. The number of nitrogens with one attached hydrogen (secondary N) is 2. The first-order chi connectivity index (χ1) is 13.6. The number of halogens is 1. The fourth-order valence-corrected chi connectivity index (χ4v) is 3.24. The first-order valence-electron chi connectivity index (χ1n) is 9.36. The molecule has 1 aliphatic rings. The maximum Gasteiger partial charge on any atom is 0.314 e. The minimum absolute atomic E-state index is 0.0136. The van der Waals surface area contributed by atoms with E-state index >= 15 is 0 Å². The predicted octanol–water partition coefficient (Wildman–Crippen LogP) is 2.99. The van der Waals surface area contributed by atoms with Crippen molar-refractivity contribution in [3.8, 4) is 5.75 Å². The van der Waals surface area contributed by atoms with Gasteiger partial charge in [-0.3, -0.25) is 4.79 Å². The number of carbonyl (C=O) groups excluding carboxylic acids is 2. The first-order valence-corrected chi connectivity index (χ1v) is 9.74. The van der Waals surface area contributed by atoms with Gasteiger partial charge in [0, 0.05) is 36.8 Å². The molecule has 0 unspecified atom stereocenters. The van der Waals surface area contributed by atoms with Crippen molar-refractivity contribution in [3.63, 3.8) is 0 Å². The lowest BCUT2D eigenvalue weighted by atomic mass is 10.1. The number of carbonyl (C=O) groups is 2. The molecule has 0 fully saturated rings. The van der Waals surface area contributed by atoms with Crippen molar-refractivity contribution < 1.29 is 14.3 Å². The molecule has 3 rings (SSSR count). The molecule has 28 heavy (non-hydrogen) atoms. The molecule has 1 aliphatic heterocycles. The zero-order valence-corrected chi connectivity index (χ0v) is 16.4. The monoisotopic (exact) mass is 401 g/mol. The van der Waals surface area contributed by atoms with Gasteiger partial charge in [0.05, 0.1) is 0 Å². The highest BCUT2D eigenvalue weighted by Gasteiger charge is 2.21. The molecule has 0 spiro atoms. The van der Waals surface area contributed by atoms with E-state index in [0.29, 0.717) is 37.0 Å². The minimum Gasteiger partial charge on any atom is -0.483 e. The lowest BCUT2D eigenvalue weighted by molar-refractivity contribution is -0.133. The Morgan fingerprint density at radius 3 is 2.71 bits per heavy atom. The van der Waals surface area contributed by atoms with Crippen LogP contribution in [0.1, 0.15) is 17.5 Å². The third kappa shape index (κ3) is 5.89. The third-order valence-electron chi connectivity index (χ3n) is 4.53. The van der Waals surface area contributed by atoms with E-state index in [1.165, 1.54) is 5.56 Å². The molecule has 0 saturated heterocycles. The standard InChI is InChI=1S/C21H24ClN3O3/c22-18-8-9-19-17(13-18)14-25(20(26)15-28-19)12-11-24-21(27)23-10-4-7-16-5-2-1-3-6-16/h1-3,5-6,8-9,13H,4,7,10-12,14-15H2,(H2,23,24,27). The molecule has 148 valence electrons. The highest BCUT2D eigenvalue weighted by Crippen LogP contribution is 2.26. The van der Waals surface area contributed by atoms with E-state index in [2.05, 4.69) is 22.8 Å². The van der Waals surface area contributed by atoms with E-state index in [4.69, 9.17) is 16.3 Å². The van der Waals surface area contributed by atoms with Gasteiger partial charge in [0.1, 0.15) is 5.75 Å². The van der Waals surface area contributed by atoms with Crippen LogP contribution >= 0.6 is 11.6 Å². The van der Waals surface area contributed by atoms with Crippen molar-refractivity contribution in [1.82, 2.24) is 15.5 Å².